The summed E-state index contributed by atoms with van der Waals surface area (Å²) in [6, 6.07) is 6.88. The molecule has 0 aliphatic heterocycles. The fourth-order valence-corrected chi connectivity index (χ4v) is 2.94. The van der Waals surface area contributed by atoms with Crippen LogP contribution >= 0.6 is 0 Å². The maximum atomic E-state index is 12.5. The monoisotopic (exact) mass is 289 g/mol. The second kappa shape index (κ2) is 6.39. The van der Waals surface area contributed by atoms with Crippen LogP contribution in [0, 0.1) is 0 Å². The minimum absolute atomic E-state index is 0.109. The third-order valence-corrected chi connectivity index (χ3v) is 4.33. The van der Waals surface area contributed by atoms with E-state index in [-0.39, 0.29) is 11.7 Å². The van der Waals surface area contributed by atoms with Gasteiger partial charge in [-0.2, -0.15) is 0 Å². The van der Waals surface area contributed by atoms with Gasteiger partial charge in [-0.15, -0.1) is 0 Å². The first-order valence-corrected chi connectivity index (χ1v) is 7.51. The van der Waals surface area contributed by atoms with Crippen LogP contribution < -0.4 is 0 Å². The lowest BCUT2D eigenvalue weighted by atomic mass is 9.97. The highest BCUT2D eigenvalue weighted by atomic mass is 16.3. The highest BCUT2D eigenvalue weighted by Gasteiger charge is 2.31. The number of carbonyl (C=O) groups excluding carboxylic acids is 2. The molecule has 0 atom stereocenters. The Bertz CT molecular complexity index is 533. The van der Waals surface area contributed by atoms with E-state index in [0.717, 1.165) is 25.7 Å². The topological polar surface area (TPSA) is 57.6 Å². The molecule has 1 aromatic carbocycles. The summed E-state index contributed by atoms with van der Waals surface area (Å²) < 4.78 is 0. The van der Waals surface area contributed by atoms with E-state index in [1.165, 1.54) is 6.92 Å². The van der Waals surface area contributed by atoms with Gasteiger partial charge < -0.3 is 10.0 Å². The van der Waals surface area contributed by atoms with Crippen molar-refractivity contribution < 1.29 is 14.7 Å². The SMILES string of the molecule is CC(=O)c1ccccc1C(=O)N(C)CCC1(O)CCCC1. The molecule has 2 rings (SSSR count). The summed E-state index contributed by atoms with van der Waals surface area (Å²) in [5, 5.41) is 10.3. The first-order valence-electron chi connectivity index (χ1n) is 7.51. The standard InChI is InChI=1S/C17H23NO3/c1-13(19)14-7-3-4-8-15(14)16(20)18(2)12-11-17(21)9-5-6-10-17/h3-4,7-8,21H,5-6,9-12H2,1-2H3. The summed E-state index contributed by atoms with van der Waals surface area (Å²) >= 11 is 0. The van der Waals surface area contributed by atoms with E-state index in [0.29, 0.717) is 24.1 Å². The molecule has 1 saturated carbocycles. The van der Waals surface area contributed by atoms with Crippen LogP contribution in [-0.2, 0) is 0 Å². The van der Waals surface area contributed by atoms with Gasteiger partial charge in [-0.05, 0) is 32.3 Å². The van der Waals surface area contributed by atoms with E-state index in [1.807, 2.05) is 0 Å². The van der Waals surface area contributed by atoms with Crippen molar-refractivity contribution in [1.82, 2.24) is 4.90 Å². The van der Waals surface area contributed by atoms with Crippen molar-refractivity contribution in [3.63, 3.8) is 0 Å². The third kappa shape index (κ3) is 3.70. The average Bonchev–Trinajstić information content (AvgIpc) is 2.91. The number of nitrogens with zero attached hydrogens (tertiary/aromatic N) is 1. The zero-order valence-corrected chi connectivity index (χ0v) is 12.8. The molecule has 4 nitrogen and oxygen atoms in total. The van der Waals surface area contributed by atoms with Gasteiger partial charge in [0.05, 0.1) is 11.2 Å². The fourth-order valence-electron chi connectivity index (χ4n) is 2.94. The van der Waals surface area contributed by atoms with Crippen LogP contribution in [0.15, 0.2) is 24.3 Å². The summed E-state index contributed by atoms with van der Waals surface area (Å²) in [5.74, 6) is -0.274. The normalized spacial score (nSPS) is 16.7. The van der Waals surface area contributed by atoms with Crippen molar-refractivity contribution in [3.05, 3.63) is 35.4 Å². The maximum Gasteiger partial charge on any atom is 0.254 e. The molecular formula is C17H23NO3. The van der Waals surface area contributed by atoms with Crippen LogP contribution in [0.25, 0.3) is 0 Å². The molecule has 0 aromatic heterocycles. The molecule has 0 radical (unpaired) electrons. The molecule has 0 bridgehead atoms. The number of carbonyl (C=O) groups is 2. The summed E-state index contributed by atoms with van der Waals surface area (Å²) in [7, 11) is 1.72. The van der Waals surface area contributed by atoms with E-state index in [4.69, 9.17) is 0 Å². The summed E-state index contributed by atoms with van der Waals surface area (Å²) in [6.45, 7) is 1.97. The van der Waals surface area contributed by atoms with Crippen LogP contribution in [0.5, 0.6) is 0 Å². The second-order valence-electron chi connectivity index (χ2n) is 6.01. The van der Waals surface area contributed by atoms with Crippen molar-refractivity contribution >= 4 is 11.7 Å². The lowest BCUT2D eigenvalue weighted by Crippen LogP contribution is -2.35. The van der Waals surface area contributed by atoms with Gasteiger partial charge >= 0.3 is 0 Å². The number of amides is 1. The Hall–Kier alpha value is -1.68. The molecule has 1 aromatic rings. The van der Waals surface area contributed by atoms with Gasteiger partial charge in [0.15, 0.2) is 5.78 Å². The largest absolute Gasteiger partial charge is 0.390 e. The van der Waals surface area contributed by atoms with Gasteiger partial charge in [-0.25, -0.2) is 0 Å². The van der Waals surface area contributed by atoms with Gasteiger partial charge in [-0.3, -0.25) is 9.59 Å². The molecule has 1 aliphatic carbocycles. The summed E-state index contributed by atoms with van der Waals surface area (Å²) in [6.07, 6.45) is 4.35. The second-order valence-corrected chi connectivity index (χ2v) is 6.01. The highest BCUT2D eigenvalue weighted by Crippen LogP contribution is 2.32. The fraction of sp³-hybridized carbons (Fsp3) is 0.529. The Kier molecular flexibility index (Phi) is 4.78. The molecule has 1 aliphatic rings. The number of Topliss-reactive ketones (excluding diaryl/α,β-unsaturated/α-hetero) is 1. The minimum Gasteiger partial charge on any atom is -0.390 e. The molecule has 1 N–H and O–H groups in total. The van der Waals surface area contributed by atoms with Crippen LogP contribution in [0.1, 0.15) is 59.7 Å². The van der Waals surface area contributed by atoms with Gasteiger partial charge in [0.1, 0.15) is 0 Å². The number of hydrogen-bond acceptors (Lipinski definition) is 3. The molecule has 21 heavy (non-hydrogen) atoms. The smallest absolute Gasteiger partial charge is 0.254 e. The number of hydrogen-bond donors (Lipinski definition) is 1. The van der Waals surface area contributed by atoms with E-state index in [1.54, 1.807) is 36.2 Å². The zero-order valence-electron chi connectivity index (χ0n) is 12.8. The van der Waals surface area contributed by atoms with Crippen molar-refractivity contribution in [2.45, 2.75) is 44.6 Å². The Labute approximate surface area is 125 Å². The quantitative estimate of drug-likeness (QED) is 0.848. The van der Waals surface area contributed by atoms with Crippen LogP contribution in [0.3, 0.4) is 0 Å². The lowest BCUT2D eigenvalue weighted by Gasteiger charge is -2.26. The lowest BCUT2D eigenvalue weighted by molar-refractivity contribution is 0.0295. The van der Waals surface area contributed by atoms with Gasteiger partial charge in [0.2, 0.25) is 0 Å². The van der Waals surface area contributed by atoms with E-state index in [2.05, 4.69) is 0 Å². The number of aliphatic hydroxyl groups is 1. The molecular weight excluding hydrogens is 266 g/mol. The van der Waals surface area contributed by atoms with Crippen molar-refractivity contribution in [2.24, 2.45) is 0 Å². The van der Waals surface area contributed by atoms with E-state index >= 15 is 0 Å². The predicted octanol–water partition coefficient (Wildman–Crippen LogP) is 2.66. The van der Waals surface area contributed by atoms with Gasteiger partial charge in [-0.1, -0.05) is 31.0 Å². The third-order valence-electron chi connectivity index (χ3n) is 4.33. The Morgan fingerprint density at radius 2 is 1.76 bits per heavy atom. The number of rotatable bonds is 5. The van der Waals surface area contributed by atoms with E-state index in [9.17, 15) is 14.7 Å². The number of benzene rings is 1. The Morgan fingerprint density at radius 1 is 1.19 bits per heavy atom. The molecule has 1 fully saturated rings. The molecule has 0 spiro atoms. The summed E-state index contributed by atoms with van der Waals surface area (Å²) in [5.41, 5.74) is 0.272. The minimum atomic E-state index is -0.616. The molecule has 4 heteroatoms. The maximum absolute atomic E-state index is 12.5. The molecule has 0 unspecified atom stereocenters. The van der Waals surface area contributed by atoms with Crippen LogP contribution in [-0.4, -0.2) is 40.9 Å². The van der Waals surface area contributed by atoms with E-state index < -0.39 is 5.60 Å². The van der Waals surface area contributed by atoms with Crippen molar-refractivity contribution in [2.75, 3.05) is 13.6 Å². The molecule has 0 heterocycles. The zero-order chi connectivity index (χ0) is 15.5. The average molecular weight is 289 g/mol. The van der Waals surface area contributed by atoms with Crippen LogP contribution in [0.2, 0.25) is 0 Å². The predicted molar refractivity (Wildman–Crippen MR) is 81.4 cm³/mol. The molecule has 114 valence electrons. The summed E-state index contributed by atoms with van der Waals surface area (Å²) in [4.78, 5) is 25.7. The van der Waals surface area contributed by atoms with Gasteiger partial charge in [0, 0.05) is 19.2 Å². The molecule has 0 saturated heterocycles. The Morgan fingerprint density at radius 3 is 2.33 bits per heavy atom. The van der Waals surface area contributed by atoms with Crippen molar-refractivity contribution in [1.29, 1.82) is 0 Å². The molecule has 1 amide bonds. The van der Waals surface area contributed by atoms with Crippen molar-refractivity contribution in [3.8, 4) is 0 Å². The number of ketones is 1. The Balaban J connectivity index is 2.04. The van der Waals surface area contributed by atoms with Gasteiger partial charge in [0.25, 0.3) is 5.91 Å². The highest BCUT2D eigenvalue weighted by molar-refractivity contribution is 6.07. The first kappa shape index (κ1) is 15.7. The van der Waals surface area contributed by atoms with Crippen LogP contribution in [0.4, 0.5) is 0 Å². The first-order chi connectivity index (χ1) is 9.93.